The van der Waals surface area contributed by atoms with Crippen LogP contribution in [0, 0.1) is 5.13 Å². The number of nitrogens with one attached hydrogen (secondary N) is 2. The smallest absolute Gasteiger partial charge is 0.176 e. The minimum Gasteiger partial charge on any atom is -0.353 e. The van der Waals surface area contributed by atoms with Crippen LogP contribution in [0.5, 0.6) is 0 Å². The van der Waals surface area contributed by atoms with Crippen molar-refractivity contribution in [3.05, 3.63) is 77.8 Å². The van der Waals surface area contributed by atoms with Gasteiger partial charge in [-0.1, -0.05) is 18.6 Å². The van der Waals surface area contributed by atoms with Crippen LogP contribution in [0.2, 0.25) is 0 Å². The molecular formula is C29H25FN6S. The van der Waals surface area contributed by atoms with Crippen molar-refractivity contribution in [2.45, 2.75) is 25.8 Å². The van der Waals surface area contributed by atoms with Gasteiger partial charge in [0.05, 0.1) is 23.1 Å². The molecule has 0 spiro atoms. The van der Waals surface area contributed by atoms with E-state index in [4.69, 9.17) is 4.98 Å². The molecule has 0 amide bonds. The van der Waals surface area contributed by atoms with Crippen molar-refractivity contribution in [2.75, 3.05) is 13.1 Å². The number of aromatic nitrogens is 5. The number of aromatic amines is 2. The lowest BCUT2D eigenvalue weighted by Crippen LogP contribution is -2.29. The Labute approximate surface area is 217 Å². The maximum Gasteiger partial charge on any atom is 0.176 e. The molecule has 0 saturated carbocycles. The molecule has 1 aromatic carbocycles. The van der Waals surface area contributed by atoms with E-state index in [2.05, 4.69) is 43.3 Å². The Morgan fingerprint density at radius 3 is 2.70 bits per heavy atom. The zero-order chi connectivity index (χ0) is 24.8. The summed E-state index contributed by atoms with van der Waals surface area (Å²) >= 11 is 1.16. The first kappa shape index (κ1) is 22.3. The second-order valence-electron chi connectivity index (χ2n) is 9.66. The zero-order valence-electron chi connectivity index (χ0n) is 20.2. The van der Waals surface area contributed by atoms with Gasteiger partial charge in [0.25, 0.3) is 0 Å². The Hall–Kier alpha value is -3.88. The number of hydrogen-bond donors (Lipinski definition) is 2. The highest BCUT2D eigenvalue weighted by atomic mass is 32.1. The van der Waals surface area contributed by atoms with E-state index in [9.17, 15) is 4.39 Å². The first-order valence-corrected chi connectivity index (χ1v) is 13.4. The molecule has 0 bridgehead atoms. The maximum absolute atomic E-state index is 13.7. The molecule has 0 aliphatic carbocycles. The lowest BCUT2D eigenvalue weighted by molar-refractivity contribution is 0.220. The highest BCUT2D eigenvalue weighted by molar-refractivity contribution is 7.14. The van der Waals surface area contributed by atoms with Crippen LogP contribution in [0.25, 0.3) is 54.9 Å². The fraction of sp³-hybridized carbons (Fsp3) is 0.207. The molecule has 0 radical (unpaired) electrons. The highest BCUT2D eigenvalue weighted by Gasteiger charge is 2.16. The molecule has 6 aromatic rings. The van der Waals surface area contributed by atoms with Gasteiger partial charge in [0.1, 0.15) is 5.69 Å². The summed E-state index contributed by atoms with van der Waals surface area (Å²) in [4.78, 5) is 16.1. The largest absolute Gasteiger partial charge is 0.353 e. The number of H-pyrrole nitrogens is 2. The van der Waals surface area contributed by atoms with Crippen LogP contribution in [-0.2, 0) is 6.54 Å². The average Bonchev–Trinajstić information content (AvgIpc) is 3.66. The number of piperidine rings is 1. The van der Waals surface area contributed by atoms with Crippen LogP contribution in [0.3, 0.4) is 0 Å². The standard InChI is InChI=1S/C29H25FN6S/c30-28-8-7-27(37-28)20-5-4-6-23-21(20)12-25(33-23)29-22-13-24(32-16-26(22)34-35-29)19-11-18(14-31-15-19)17-36-9-2-1-3-10-36/h4-8,11-16,33H,1-3,9-10,17H2,(H,34,35). The van der Waals surface area contributed by atoms with Gasteiger partial charge in [0.2, 0.25) is 0 Å². The molecule has 2 N–H and O–H groups in total. The lowest BCUT2D eigenvalue weighted by Gasteiger charge is -2.26. The van der Waals surface area contributed by atoms with Crippen molar-refractivity contribution in [2.24, 2.45) is 0 Å². The second-order valence-corrected chi connectivity index (χ2v) is 10.7. The van der Waals surface area contributed by atoms with E-state index in [0.717, 1.165) is 85.9 Å². The van der Waals surface area contributed by atoms with E-state index in [-0.39, 0.29) is 5.13 Å². The number of fused-ring (bicyclic) bond motifs is 2. The summed E-state index contributed by atoms with van der Waals surface area (Å²) in [5.74, 6) is 0. The number of thiophene rings is 1. The third-order valence-electron chi connectivity index (χ3n) is 7.15. The van der Waals surface area contributed by atoms with Crippen molar-refractivity contribution < 1.29 is 4.39 Å². The molecule has 0 atom stereocenters. The van der Waals surface area contributed by atoms with Crippen molar-refractivity contribution in [3.63, 3.8) is 0 Å². The Kier molecular flexibility index (Phi) is 5.56. The number of halogens is 1. The summed E-state index contributed by atoms with van der Waals surface area (Å²) in [7, 11) is 0. The Morgan fingerprint density at radius 1 is 0.919 bits per heavy atom. The van der Waals surface area contributed by atoms with E-state index in [1.54, 1.807) is 0 Å². The number of rotatable bonds is 5. The topological polar surface area (TPSA) is 73.5 Å². The average molecular weight is 509 g/mol. The fourth-order valence-electron chi connectivity index (χ4n) is 5.33. The molecule has 5 aromatic heterocycles. The van der Waals surface area contributed by atoms with Crippen LogP contribution in [-0.4, -0.2) is 43.1 Å². The van der Waals surface area contributed by atoms with Crippen LogP contribution < -0.4 is 0 Å². The highest BCUT2D eigenvalue weighted by Crippen LogP contribution is 2.37. The molecule has 1 aliphatic heterocycles. The minimum absolute atomic E-state index is 0.185. The number of nitrogens with zero attached hydrogens (tertiary/aromatic N) is 4. The molecule has 1 fully saturated rings. The van der Waals surface area contributed by atoms with Crippen LogP contribution in [0.15, 0.2) is 67.1 Å². The van der Waals surface area contributed by atoms with Gasteiger partial charge in [0, 0.05) is 51.2 Å². The van der Waals surface area contributed by atoms with Gasteiger partial charge in [-0.25, -0.2) is 0 Å². The molecule has 1 saturated heterocycles. The third kappa shape index (κ3) is 4.22. The van der Waals surface area contributed by atoms with Gasteiger partial charge >= 0.3 is 0 Å². The lowest BCUT2D eigenvalue weighted by atomic mass is 10.1. The number of hydrogen-bond acceptors (Lipinski definition) is 5. The first-order valence-electron chi connectivity index (χ1n) is 12.6. The molecule has 0 unspecified atom stereocenters. The van der Waals surface area contributed by atoms with Crippen LogP contribution in [0.1, 0.15) is 24.8 Å². The number of likely N-dealkylation sites (tertiary alicyclic amines) is 1. The van der Waals surface area contributed by atoms with Gasteiger partial charge < -0.3 is 4.98 Å². The van der Waals surface area contributed by atoms with Gasteiger partial charge in [-0.3, -0.25) is 20.0 Å². The number of pyridine rings is 2. The SMILES string of the molecule is Fc1ccc(-c2cccc3[nH]c(-c4n[nH]c5cnc(-c6cncc(CN7CCCCC7)c6)cc45)cc23)s1. The van der Waals surface area contributed by atoms with Crippen molar-refractivity contribution in [1.82, 2.24) is 30.0 Å². The predicted octanol–water partition coefficient (Wildman–Crippen LogP) is 7.02. The quantitative estimate of drug-likeness (QED) is 0.262. The molecule has 6 heterocycles. The first-order chi connectivity index (χ1) is 18.2. The molecule has 8 heteroatoms. The summed E-state index contributed by atoms with van der Waals surface area (Å²) in [6, 6.07) is 15.8. The molecular weight excluding hydrogens is 483 g/mol. The van der Waals surface area contributed by atoms with Crippen molar-refractivity contribution >= 4 is 33.1 Å². The Bertz CT molecular complexity index is 1730. The summed E-state index contributed by atoms with van der Waals surface area (Å²) < 4.78 is 13.7. The fourth-order valence-corrected chi connectivity index (χ4v) is 6.10. The molecule has 7 rings (SSSR count). The van der Waals surface area contributed by atoms with Gasteiger partial charge in [-0.2, -0.15) is 9.49 Å². The monoisotopic (exact) mass is 508 g/mol. The molecule has 6 nitrogen and oxygen atoms in total. The van der Waals surface area contributed by atoms with E-state index in [1.807, 2.05) is 42.9 Å². The van der Waals surface area contributed by atoms with E-state index >= 15 is 0 Å². The maximum atomic E-state index is 13.7. The molecule has 37 heavy (non-hydrogen) atoms. The summed E-state index contributed by atoms with van der Waals surface area (Å²) in [5, 5.41) is 9.59. The van der Waals surface area contributed by atoms with Crippen LogP contribution >= 0.6 is 11.3 Å². The summed E-state index contributed by atoms with van der Waals surface area (Å²) in [5.41, 5.74) is 7.68. The van der Waals surface area contributed by atoms with E-state index in [1.165, 1.54) is 30.9 Å². The van der Waals surface area contributed by atoms with Gasteiger partial charge in [-0.05, 0) is 67.9 Å². The van der Waals surface area contributed by atoms with Gasteiger partial charge in [0.15, 0.2) is 5.13 Å². The van der Waals surface area contributed by atoms with Crippen molar-refractivity contribution in [1.29, 1.82) is 0 Å². The third-order valence-corrected chi connectivity index (χ3v) is 8.06. The molecule has 184 valence electrons. The Balaban J connectivity index is 1.26. The zero-order valence-corrected chi connectivity index (χ0v) is 21.0. The van der Waals surface area contributed by atoms with E-state index < -0.39 is 0 Å². The van der Waals surface area contributed by atoms with E-state index in [0.29, 0.717) is 0 Å². The normalized spacial score (nSPS) is 14.6. The molecule has 1 aliphatic rings. The second kappa shape index (κ2) is 9.21. The van der Waals surface area contributed by atoms with Gasteiger partial charge in [-0.15, -0.1) is 11.3 Å². The number of benzene rings is 1. The van der Waals surface area contributed by atoms with Crippen molar-refractivity contribution in [3.8, 4) is 33.1 Å². The van der Waals surface area contributed by atoms with Crippen LogP contribution in [0.4, 0.5) is 4.39 Å². The Morgan fingerprint density at radius 2 is 1.84 bits per heavy atom. The summed E-state index contributed by atoms with van der Waals surface area (Å²) in [6.07, 6.45) is 9.55. The predicted molar refractivity (Wildman–Crippen MR) is 147 cm³/mol. The minimum atomic E-state index is -0.185. The summed E-state index contributed by atoms with van der Waals surface area (Å²) in [6.45, 7) is 3.23.